The van der Waals surface area contributed by atoms with Gasteiger partial charge in [-0.2, -0.15) is 0 Å². The van der Waals surface area contributed by atoms with E-state index in [-0.39, 0.29) is 0 Å². The fourth-order valence-corrected chi connectivity index (χ4v) is 2.84. The Morgan fingerprint density at radius 2 is 1.95 bits per heavy atom. The van der Waals surface area contributed by atoms with Crippen molar-refractivity contribution in [3.05, 3.63) is 48.0 Å². The zero-order valence-electron chi connectivity index (χ0n) is 13.3. The van der Waals surface area contributed by atoms with Crippen molar-refractivity contribution < 1.29 is 0 Å². The number of nitrogens with zero attached hydrogens (tertiary/aromatic N) is 1. The summed E-state index contributed by atoms with van der Waals surface area (Å²) in [7, 11) is 0. The van der Waals surface area contributed by atoms with Crippen molar-refractivity contribution in [2.75, 3.05) is 19.6 Å². The molecule has 2 atom stereocenters. The van der Waals surface area contributed by atoms with E-state index in [2.05, 4.69) is 80.4 Å². The second kappa shape index (κ2) is 6.55. The Morgan fingerprint density at radius 3 is 2.55 bits per heavy atom. The van der Waals surface area contributed by atoms with Crippen molar-refractivity contribution in [3.8, 4) is 0 Å². The topological polar surface area (TPSA) is 15.3 Å². The minimum absolute atomic E-state index is 0.301. The molecular formula is C18H28N2. The first kappa shape index (κ1) is 15.3. The van der Waals surface area contributed by atoms with Gasteiger partial charge in [0.15, 0.2) is 0 Å². The van der Waals surface area contributed by atoms with Crippen LogP contribution in [0.5, 0.6) is 0 Å². The van der Waals surface area contributed by atoms with Crippen LogP contribution in [0.25, 0.3) is 0 Å². The summed E-state index contributed by atoms with van der Waals surface area (Å²) < 4.78 is 0. The largest absolute Gasteiger partial charge is 0.310 e. The van der Waals surface area contributed by atoms with E-state index in [1.807, 2.05) is 0 Å². The Morgan fingerprint density at radius 1 is 1.25 bits per heavy atom. The van der Waals surface area contributed by atoms with Gasteiger partial charge < -0.3 is 5.32 Å². The number of allylic oxidation sites excluding steroid dienone is 1. The number of benzene rings is 1. The van der Waals surface area contributed by atoms with Crippen LogP contribution in [0.15, 0.2) is 42.5 Å². The highest BCUT2D eigenvalue weighted by Gasteiger charge is 2.33. The van der Waals surface area contributed by atoms with Gasteiger partial charge in [0, 0.05) is 31.7 Å². The predicted molar refractivity (Wildman–Crippen MR) is 86.8 cm³/mol. The highest BCUT2D eigenvalue weighted by molar-refractivity contribution is 5.20. The van der Waals surface area contributed by atoms with E-state index in [4.69, 9.17) is 0 Å². The summed E-state index contributed by atoms with van der Waals surface area (Å²) in [6.07, 6.45) is 4.41. The zero-order valence-corrected chi connectivity index (χ0v) is 13.3. The molecule has 2 rings (SSSR count). The van der Waals surface area contributed by atoms with Gasteiger partial charge in [-0.05, 0) is 17.9 Å². The third kappa shape index (κ3) is 3.71. The maximum Gasteiger partial charge on any atom is 0.0476 e. The average Bonchev–Trinajstić information content (AvgIpc) is 2.45. The van der Waals surface area contributed by atoms with Crippen LogP contribution in [-0.4, -0.2) is 30.6 Å². The molecule has 1 N–H and O–H groups in total. The third-order valence-corrected chi connectivity index (χ3v) is 4.22. The fourth-order valence-electron chi connectivity index (χ4n) is 2.84. The smallest absolute Gasteiger partial charge is 0.0476 e. The lowest BCUT2D eigenvalue weighted by Crippen LogP contribution is -2.56. The summed E-state index contributed by atoms with van der Waals surface area (Å²) in [6, 6.07) is 11.9. The van der Waals surface area contributed by atoms with Gasteiger partial charge in [0.25, 0.3) is 0 Å². The van der Waals surface area contributed by atoms with Gasteiger partial charge in [0.1, 0.15) is 0 Å². The van der Waals surface area contributed by atoms with Gasteiger partial charge in [0.05, 0.1) is 0 Å². The lowest BCUT2D eigenvalue weighted by atomic mass is 9.84. The minimum Gasteiger partial charge on any atom is -0.310 e. The van der Waals surface area contributed by atoms with E-state index in [1.54, 1.807) is 0 Å². The van der Waals surface area contributed by atoms with Gasteiger partial charge in [-0.1, -0.05) is 63.3 Å². The van der Waals surface area contributed by atoms with Crippen molar-refractivity contribution in [2.45, 2.75) is 39.8 Å². The molecule has 1 aromatic carbocycles. The molecule has 0 saturated carbocycles. The standard InChI is InChI=1S/C18H28N2/c1-5-6-12-20-14-17(18(2,3)4)19-13-16(20)15-10-8-7-9-11-15/h5-11,16-17,19H,12-14H2,1-4H3/b6-5+. The van der Waals surface area contributed by atoms with Gasteiger partial charge in [-0.3, -0.25) is 4.90 Å². The molecule has 1 aliphatic heterocycles. The Balaban J connectivity index is 2.16. The molecule has 1 aromatic rings. The summed E-state index contributed by atoms with van der Waals surface area (Å²) in [5.41, 5.74) is 1.72. The quantitative estimate of drug-likeness (QED) is 0.845. The van der Waals surface area contributed by atoms with E-state index in [9.17, 15) is 0 Å². The van der Waals surface area contributed by atoms with Crippen molar-refractivity contribution in [1.29, 1.82) is 0 Å². The van der Waals surface area contributed by atoms with Crippen LogP contribution in [0.3, 0.4) is 0 Å². The van der Waals surface area contributed by atoms with Crippen molar-refractivity contribution >= 4 is 0 Å². The monoisotopic (exact) mass is 272 g/mol. The van der Waals surface area contributed by atoms with Gasteiger partial charge in [-0.15, -0.1) is 0 Å². The van der Waals surface area contributed by atoms with E-state index in [0.29, 0.717) is 17.5 Å². The summed E-state index contributed by atoms with van der Waals surface area (Å²) in [5.74, 6) is 0. The lowest BCUT2D eigenvalue weighted by Gasteiger charge is -2.45. The Kier molecular flexibility index (Phi) is 5.00. The molecule has 0 aliphatic carbocycles. The number of rotatable bonds is 3. The highest BCUT2D eigenvalue weighted by Crippen LogP contribution is 2.29. The molecule has 0 amide bonds. The molecule has 20 heavy (non-hydrogen) atoms. The molecular weight excluding hydrogens is 244 g/mol. The molecule has 1 saturated heterocycles. The van der Waals surface area contributed by atoms with Crippen molar-refractivity contribution in [2.24, 2.45) is 5.41 Å². The molecule has 0 aromatic heterocycles. The first-order valence-corrected chi connectivity index (χ1v) is 7.66. The minimum atomic E-state index is 0.301. The van der Waals surface area contributed by atoms with Crippen LogP contribution in [0.4, 0.5) is 0 Å². The first-order chi connectivity index (χ1) is 9.52. The molecule has 0 spiro atoms. The van der Waals surface area contributed by atoms with Crippen molar-refractivity contribution in [3.63, 3.8) is 0 Å². The molecule has 2 heteroatoms. The summed E-state index contributed by atoms with van der Waals surface area (Å²) in [4.78, 5) is 2.60. The van der Waals surface area contributed by atoms with Crippen LogP contribution in [0, 0.1) is 5.41 Å². The molecule has 1 heterocycles. The SMILES string of the molecule is C/C=C/CN1CC(C(C)(C)C)NCC1c1ccccc1. The van der Waals surface area contributed by atoms with E-state index in [1.165, 1.54) is 5.56 Å². The normalized spacial score (nSPS) is 25.2. The lowest BCUT2D eigenvalue weighted by molar-refractivity contribution is 0.0958. The summed E-state index contributed by atoms with van der Waals surface area (Å²) in [6.45, 7) is 12.2. The summed E-state index contributed by atoms with van der Waals surface area (Å²) >= 11 is 0. The maximum absolute atomic E-state index is 3.75. The number of piperazine rings is 1. The first-order valence-electron chi connectivity index (χ1n) is 7.66. The molecule has 2 nitrogen and oxygen atoms in total. The zero-order chi connectivity index (χ0) is 14.6. The Hall–Kier alpha value is -1.12. The second-order valence-corrected chi connectivity index (χ2v) is 6.78. The van der Waals surface area contributed by atoms with Crippen LogP contribution >= 0.6 is 0 Å². The van der Waals surface area contributed by atoms with Gasteiger partial charge in [-0.25, -0.2) is 0 Å². The van der Waals surface area contributed by atoms with E-state index >= 15 is 0 Å². The number of nitrogens with one attached hydrogen (secondary N) is 1. The molecule has 110 valence electrons. The average molecular weight is 272 g/mol. The molecule has 2 unspecified atom stereocenters. The number of hydrogen-bond donors (Lipinski definition) is 1. The Labute approximate surface area is 123 Å². The van der Waals surface area contributed by atoms with E-state index in [0.717, 1.165) is 19.6 Å². The second-order valence-electron chi connectivity index (χ2n) is 6.78. The number of hydrogen-bond acceptors (Lipinski definition) is 2. The van der Waals surface area contributed by atoms with Gasteiger partial charge in [0.2, 0.25) is 0 Å². The molecule has 1 aliphatic rings. The highest BCUT2D eigenvalue weighted by atomic mass is 15.2. The van der Waals surface area contributed by atoms with Crippen LogP contribution in [0.1, 0.15) is 39.3 Å². The molecule has 0 bridgehead atoms. The third-order valence-electron chi connectivity index (χ3n) is 4.22. The predicted octanol–water partition coefficient (Wildman–Crippen LogP) is 3.62. The van der Waals surface area contributed by atoms with Crippen LogP contribution in [0.2, 0.25) is 0 Å². The molecule has 1 fully saturated rings. The van der Waals surface area contributed by atoms with E-state index < -0.39 is 0 Å². The fraction of sp³-hybridized carbons (Fsp3) is 0.556. The Bertz CT molecular complexity index is 430. The van der Waals surface area contributed by atoms with Crippen LogP contribution in [-0.2, 0) is 0 Å². The maximum atomic E-state index is 3.75. The van der Waals surface area contributed by atoms with Crippen LogP contribution < -0.4 is 5.32 Å². The van der Waals surface area contributed by atoms with Gasteiger partial charge >= 0.3 is 0 Å². The van der Waals surface area contributed by atoms with Crippen molar-refractivity contribution in [1.82, 2.24) is 10.2 Å². The molecule has 0 radical (unpaired) electrons. The summed E-state index contributed by atoms with van der Waals surface area (Å²) in [5, 5.41) is 3.75.